The maximum Gasteiger partial charge on any atom is 0.405 e. The highest BCUT2D eigenvalue weighted by Gasteiger charge is 2.44. The highest BCUT2D eigenvalue weighted by atomic mass is 19.4. The van der Waals surface area contributed by atoms with E-state index in [1.807, 2.05) is 0 Å². The first-order valence-electron chi connectivity index (χ1n) is 5.73. The second kappa shape index (κ2) is 5.24. The maximum absolute atomic E-state index is 13.0. The smallest absolute Gasteiger partial charge is 0.314 e. The summed E-state index contributed by atoms with van der Waals surface area (Å²) >= 11 is 0. The van der Waals surface area contributed by atoms with Crippen LogP contribution in [0.15, 0.2) is 24.3 Å². The summed E-state index contributed by atoms with van der Waals surface area (Å²) in [7, 11) is 0. The number of benzene rings is 1. The van der Waals surface area contributed by atoms with Gasteiger partial charge in [-0.05, 0) is 17.7 Å². The molecule has 2 rings (SSSR count). The lowest BCUT2D eigenvalue weighted by Gasteiger charge is -2.37. The molecule has 0 aromatic heterocycles. The first kappa shape index (κ1) is 13.3. The third-order valence-electron chi connectivity index (χ3n) is 3.01. The lowest BCUT2D eigenvalue weighted by Crippen LogP contribution is -2.57. The van der Waals surface area contributed by atoms with Crippen molar-refractivity contribution in [1.82, 2.24) is 10.2 Å². The molecule has 1 aromatic carbocycles. The first-order chi connectivity index (χ1) is 8.47. The molecule has 6 heteroatoms. The number of nitrogens with one attached hydrogen (secondary N) is 1. The fourth-order valence-corrected chi connectivity index (χ4v) is 2.13. The van der Waals surface area contributed by atoms with Gasteiger partial charge in [0.05, 0.1) is 0 Å². The van der Waals surface area contributed by atoms with Gasteiger partial charge in [-0.3, -0.25) is 4.90 Å². The predicted molar refractivity (Wildman–Crippen MR) is 59.5 cm³/mol. The molecule has 1 aromatic rings. The van der Waals surface area contributed by atoms with Crippen LogP contribution < -0.4 is 5.32 Å². The molecule has 18 heavy (non-hydrogen) atoms. The van der Waals surface area contributed by atoms with Crippen LogP contribution in [0, 0.1) is 5.82 Å². The number of alkyl halides is 3. The van der Waals surface area contributed by atoms with E-state index in [0.717, 1.165) is 0 Å². The zero-order valence-electron chi connectivity index (χ0n) is 9.67. The molecule has 0 radical (unpaired) electrons. The van der Waals surface area contributed by atoms with Crippen molar-refractivity contribution in [2.75, 3.05) is 19.6 Å². The topological polar surface area (TPSA) is 15.3 Å². The zero-order valence-corrected chi connectivity index (χ0v) is 9.67. The van der Waals surface area contributed by atoms with Crippen molar-refractivity contribution >= 4 is 0 Å². The Morgan fingerprint density at radius 1 is 1.33 bits per heavy atom. The fraction of sp³-hybridized carbons (Fsp3) is 0.500. The highest BCUT2D eigenvalue weighted by Crippen LogP contribution is 2.27. The van der Waals surface area contributed by atoms with Gasteiger partial charge in [0, 0.05) is 26.2 Å². The van der Waals surface area contributed by atoms with Crippen LogP contribution >= 0.6 is 0 Å². The van der Waals surface area contributed by atoms with Gasteiger partial charge < -0.3 is 5.32 Å². The van der Waals surface area contributed by atoms with Crippen LogP contribution in [0.1, 0.15) is 5.56 Å². The molecular formula is C12H14F4N2. The molecule has 1 heterocycles. The summed E-state index contributed by atoms with van der Waals surface area (Å²) in [5, 5.41) is 2.73. The van der Waals surface area contributed by atoms with Gasteiger partial charge in [0.2, 0.25) is 0 Å². The summed E-state index contributed by atoms with van der Waals surface area (Å²) < 4.78 is 51.5. The molecule has 100 valence electrons. The molecule has 1 saturated heterocycles. The quantitative estimate of drug-likeness (QED) is 0.822. The highest BCUT2D eigenvalue weighted by molar-refractivity contribution is 5.16. The molecular weight excluding hydrogens is 248 g/mol. The van der Waals surface area contributed by atoms with Gasteiger partial charge >= 0.3 is 6.18 Å². The van der Waals surface area contributed by atoms with Crippen molar-refractivity contribution in [2.24, 2.45) is 0 Å². The minimum atomic E-state index is -4.26. The van der Waals surface area contributed by atoms with Gasteiger partial charge in [0.1, 0.15) is 11.9 Å². The number of hydrogen-bond donors (Lipinski definition) is 1. The lowest BCUT2D eigenvalue weighted by molar-refractivity contribution is -0.188. The van der Waals surface area contributed by atoms with Gasteiger partial charge in [-0.15, -0.1) is 0 Å². The van der Waals surface area contributed by atoms with Crippen LogP contribution in [0.4, 0.5) is 17.6 Å². The SMILES string of the molecule is Fc1cccc(CN2CCNCC2C(F)(F)F)c1. The Bertz CT molecular complexity index is 405. The van der Waals surface area contributed by atoms with Gasteiger partial charge in [0.15, 0.2) is 0 Å². The van der Waals surface area contributed by atoms with E-state index in [4.69, 9.17) is 0 Å². The van der Waals surface area contributed by atoms with Crippen molar-refractivity contribution in [1.29, 1.82) is 0 Å². The summed E-state index contributed by atoms with van der Waals surface area (Å²) in [6.45, 7) is 0.824. The van der Waals surface area contributed by atoms with E-state index in [9.17, 15) is 17.6 Å². The Balaban J connectivity index is 2.10. The standard InChI is InChI=1S/C12H14F4N2/c13-10-3-1-2-9(6-10)8-18-5-4-17-7-11(18)12(14,15)16/h1-3,6,11,17H,4-5,7-8H2. The molecule has 0 bridgehead atoms. The van der Waals surface area contributed by atoms with Crippen LogP contribution in [0.5, 0.6) is 0 Å². The van der Waals surface area contributed by atoms with Crippen LogP contribution in [-0.4, -0.2) is 36.8 Å². The van der Waals surface area contributed by atoms with Crippen molar-refractivity contribution < 1.29 is 17.6 Å². The summed E-state index contributed by atoms with van der Waals surface area (Å²) in [5.74, 6) is -0.425. The summed E-state index contributed by atoms with van der Waals surface area (Å²) in [5.41, 5.74) is 0.561. The Labute approximate surface area is 103 Å². The van der Waals surface area contributed by atoms with Crippen LogP contribution in [0.25, 0.3) is 0 Å². The third kappa shape index (κ3) is 3.20. The number of rotatable bonds is 2. The average Bonchev–Trinajstić information content (AvgIpc) is 2.28. The normalized spacial score (nSPS) is 22.1. The molecule has 1 atom stereocenters. The van der Waals surface area contributed by atoms with Crippen molar-refractivity contribution in [2.45, 2.75) is 18.8 Å². The largest absolute Gasteiger partial charge is 0.405 e. The molecule has 1 fully saturated rings. The van der Waals surface area contributed by atoms with E-state index in [0.29, 0.717) is 18.7 Å². The first-order valence-corrected chi connectivity index (χ1v) is 5.73. The van der Waals surface area contributed by atoms with Gasteiger partial charge in [-0.25, -0.2) is 4.39 Å². The van der Waals surface area contributed by atoms with Crippen LogP contribution in [0.2, 0.25) is 0 Å². The van der Waals surface area contributed by atoms with E-state index >= 15 is 0 Å². The molecule has 0 saturated carbocycles. The molecule has 0 aliphatic carbocycles. The predicted octanol–water partition coefficient (Wildman–Crippen LogP) is 2.16. The van der Waals surface area contributed by atoms with Crippen molar-refractivity contribution in [3.8, 4) is 0 Å². The zero-order chi connectivity index (χ0) is 13.2. The van der Waals surface area contributed by atoms with Crippen molar-refractivity contribution in [3.63, 3.8) is 0 Å². The number of piperazine rings is 1. The maximum atomic E-state index is 13.0. The number of halogens is 4. The monoisotopic (exact) mass is 262 g/mol. The third-order valence-corrected chi connectivity index (χ3v) is 3.01. The van der Waals surface area contributed by atoms with Crippen LogP contribution in [-0.2, 0) is 6.54 Å². The Hall–Kier alpha value is -1.14. The van der Waals surface area contributed by atoms with Gasteiger partial charge in [-0.1, -0.05) is 12.1 Å². The van der Waals surface area contributed by atoms with E-state index in [1.165, 1.54) is 23.1 Å². The Morgan fingerprint density at radius 3 is 2.78 bits per heavy atom. The molecule has 1 unspecified atom stereocenters. The molecule has 2 nitrogen and oxygen atoms in total. The summed E-state index contributed by atoms with van der Waals surface area (Å²) in [4.78, 5) is 1.34. The minimum absolute atomic E-state index is 0.112. The summed E-state index contributed by atoms with van der Waals surface area (Å²) in [6, 6.07) is 4.20. The molecule has 1 aliphatic heterocycles. The van der Waals surface area contributed by atoms with E-state index in [1.54, 1.807) is 6.07 Å². The van der Waals surface area contributed by atoms with E-state index in [-0.39, 0.29) is 13.1 Å². The lowest BCUT2D eigenvalue weighted by atomic mass is 10.1. The molecule has 1 aliphatic rings. The van der Waals surface area contributed by atoms with Gasteiger partial charge in [-0.2, -0.15) is 13.2 Å². The Morgan fingerprint density at radius 2 is 2.11 bits per heavy atom. The number of nitrogens with zero attached hydrogens (tertiary/aromatic N) is 1. The molecule has 0 amide bonds. The number of hydrogen-bond acceptors (Lipinski definition) is 2. The molecule has 1 N–H and O–H groups in total. The van der Waals surface area contributed by atoms with Gasteiger partial charge in [0.25, 0.3) is 0 Å². The summed E-state index contributed by atoms with van der Waals surface area (Å²) in [6.07, 6.45) is -4.26. The minimum Gasteiger partial charge on any atom is -0.314 e. The average molecular weight is 262 g/mol. The van der Waals surface area contributed by atoms with E-state index < -0.39 is 18.0 Å². The van der Waals surface area contributed by atoms with Crippen molar-refractivity contribution in [3.05, 3.63) is 35.6 Å². The second-order valence-electron chi connectivity index (χ2n) is 4.36. The van der Waals surface area contributed by atoms with E-state index in [2.05, 4.69) is 5.32 Å². The van der Waals surface area contributed by atoms with Crippen LogP contribution in [0.3, 0.4) is 0 Å². The second-order valence-corrected chi connectivity index (χ2v) is 4.36. The molecule has 0 spiro atoms. The fourth-order valence-electron chi connectivity index (χ4n) is 2.13. The Kier molecular flexibility index (Phi) is 3.87.